The standard InChI is InChI=1S/C8H12F3NO2/c1-2-14-6(13)7(12,5-3-4-5)8(9,10)11/h5H,2-4,12H2,1H3/t7-/m1/s1. The van der Waals surface area contributed by atoms with Gasteiger partial charge in [0, 0.05) is 0 Å². The molecule has 2 N–H and O–H groups in total. The van der Waals surface area contributed by atoms with Crippen LogP contribution in [0.2, 0.25) is 0 Å². The molecule has 1 fully saturated rings. The van der Waals surface area contributed by atoms with Crippen LogP contribution < -0.4 is 5.73 Å². The number of carbonyl (C=O) groups excluding carboxylic acids is 1. The highest BCUT2D eigenvalue weighted by Gasteiger charge is 2.66. The zero-order valence-corrected chi connectivity index (χ0v) is 7.73. The number of ether oxygens (including phenoxy) is 1. The molecule has 1 aliphatic rings. The lowest BCUT2D eigenvalue weighted by Gasteiger charge is -2.29. The molecule has 82 valence electrons. The molecule has 14 heavy (non-hydrogen) atoms. The lowest BCUT2D eigenvalue weighted by molar-refractivity contribution is -0.210. The summed E-state index contributed by atoms with van der Waals surface area (Å²) in [6, 6.07) is 0. The molecule has 1 saturated carbocycles. The molecule has 0 aliphatic heterocycles. The van der Waals surface area contributed by atoms with Crippen LogP contribution in [0.1, 0.15) is 19.8 Å². The van der Waals surface area contributed by atoms with Crippen molar-refractivity contribution >= 4 is 5.97 Å². The summed E-state index contributed by atoms with van der Waals surface area (Å²) in [6.45, 7) is 1.35. The lowest BCUT2D eigenvalue weighted by Crippen LogP contribution is -2.62. The van der Waals surface area contributed by atoms with Crippen LogP contribution in [0.4, 0.5) is 13.2 Å². The summed E-state index contributed by atoms with van der Waals surface area (Å²) in [6.07, 6.45) is -4.08. The Balaban J connectivity index is 2.86. The van der Waals surface area contributed by atoms with Crippen LogP contribution in [-0.4, -0.2) is 24.3 Å². The van der Waals surface area contributed by atoms with Crippen LogP contribution in [0.15, 0.2) is 0 Å². The first-order valence-corrected chi connectivity index (χ1v) is 4.36. The van der Waals surface area contributed by atoms with Gasteiger partial charge >= 0.3 is 12.1 Å². The minimum Gasteiger partial charge on any atom is -0.464 e. The zero-order chi connectivity index (χ0) is 11.0. The van der Waals surface area contributed by atoms with Crippen LogP contribution >= 0.6 is 0 Å². The summed E-state index contributed by atoms with van der Waals surface area (Å²) >= 11 is 0. The Labute approximate surface area is 79.4 Å². The lowest BCUT2D eigenvalue weighted by atomic mass is 9.94. The van der Waals surface area contributed by atoms with Gasteiger partial charge in [0.15, 0.2) is 0 Å². The molecule has 6 heteroatoms. The first-order valence-electron chi connectivity index (χ1n) is 4.36. The number of alkyl halides is 3. The molecule has 1 rings (SSSR count). The van der Waals surface area contributed by atoms with E-state index in [9.17, 15) is 18.0 Å². The fourth-order valence-electron chi connectivity index (χ4n) is 1.30. The summed E-state index contributed by atoms with van der Waals surface area (Å²) in [5.74, 6) is -2.18. The normalized spacial score (nSPS) is 21.5. The van der Waals surface area contributed by atoms with Crippen molar-refractivity contribution < 1.29 is 22.7 Å². The number of nitrogens with two attached hydrogens (primary N) is 1. The molecule has 0 amide bonds. The summed E-state index contributed by atoms with van der Waals surface area (Å²) in [5, 5.41) is 0. The fraction of sp³-hybridized carbons (Fsp3) is 0.875. The minimum atomic E-state index is -4.74. The van der Waals surface area contributed by atoms with Crippen molar-refractivity contribution in [1.82, 2.24) is 0 Å². The Morgan fingerprint density at radius 3 is 2.29 bits per heavy atom. The average molecular weight is 211 g/mol. The van der Waals surface area contributed by atoms with Gasteiger partial charge in [-0.2, -0.15) is 13.2 Å². The third kappa shape index (κ3) is 1.70. The Morgan fingerprint density at radius 1 is 1.50 bits per heavy atom. The minimum absolute atomic E-state index is 0.0966. The maximum atomic E-state index is 12.5. The maximum absolute atomic E-state index is 12.5. The highest BCUT2D eigenvalue weighted by Crippen LogP contribution is 2.47. The second-order valence-corrected chi connectivity index (χ2v) is 3.36. The SMILES string of the molecule is CCOC(=O)[C@](N)(C1CC1)C(F)(F)F. The molecule has 0 bridgehead atoms. The van der Waals surface area contributed by atoms with Crippen molar-refractivity contribution in [1.29, 1.82) is 0 Å². The second-order valence-electron chi connectivity index (χ2n) is 3.36. The number of esters is 1. The van der Waals surface area contributed by atoms with Gasteiger partial charge < -0.3 is 10.5 Å². The van der Waals surface area contributed by atoms with E-state index in [2.05, 4.69) is 4.74 Å². The summed E-state index contributed by atoms with van der Waals surface area (Å²) < 4.78 is 42.0. The Hall–Kier alpha value is -0.780. The number of hydrogen-bond donors (Lipinski definition) is 1. The number of rotatable bonds is 3. The number of halogens is 3. The highest BCUT2D eigenvalue weighted by atomic mass is 19.4. The third-order valence-corrected chi connectivity index (χ3v) is 2.30. The van der Waals surface area contributed by atoms with Gasteiger partial charge in [0.2, 0.25) is 5.54 Å². The smallest absolute Gasteiger partial charge is 0.417 e. The van der Waals surface area contributed by atoms with Crippen molar-refractivity contribution in [2.45, 2.75) is 31.5 Å². The van der Waals surface area contributed by atoms with Crippen LogP contribution in [0, 0.1) is 5.92 Å². The molecular weight excluding hydrogens is 199 g/mol. The van der Waals surface area contributed by atoms with Crippen molar-refractivity contribution in [2.75, 3.05) is 6.61 Å². The molecule has 0 saturated heterocycles. The largest absolute Gasteiger partial charge is 0.464 e. The highest BCUT2D eigenvalue weighted by molar-refractivity contribution is 5.82. The summed E-state index contributed by atoms with van der Waals surface area (Å²) in [7, 11) is 0. The van der Waals surface area contributed by atoms with Crippen molar-refractivity contribution in [3.8, 4) is 0 Å². The van der Waals surface area contributed by atoms with Crippen molar-refractivity contribution in [2.24, 2.45) is 11.7 Å². The van der Waals surface area contributed by atoms with E-state index in [1.165, 1.54) is 6.92 Å². The predicted octanol–water partition coefficient (Wildman–Crippen LogP) is 1.22. The molecule has 1 aliphatic carbocycles. The van der Waals surface area contributed by atoms with Gasteiger partial charge in [-0.05, 0) is 25.7 Å². The van der Waals surface area contributed by atoms with Crippen LogP contribution in [0.25, 0.3) is 0 Å². The maximum Gasteiger partial charge on any atom is 0.417 e. The van der Waals surface area contributed by atoms with Gasteiger partial charge in [-0.25, -0.2) is 4.79 Å². The zero-order valence-electron chi connectivity index (χ0n) is 7.73. The monoisotopic (exact) mass is 211 g/mol. The molecule has 0 spiro atoms. The molecular formula is C8H12F3NO2. The number of carbonyl (C=O) groups is 1. The van der Waals surface area contributed by atoms with Crippen LogP contribution in [-0.2, 0) is 9.53 Å². The van der Waals surface area contributed by atoms with Gasteiger partial charge in [-0.3, -0.25) is 0 Å². The molecule has 0 aromatic heterocycles. The first kappa shape index (κ1) is 11.3. The molecule has 0 unspecified atom stereocenters. The van der Waals surface area contributed by atoms with Crippen molar-refractivity contribution in [3.63, 3.8) is 0 Å². The van der Waals surface area contributed by atoms with Gasteiger partial charge in [-0.1, -0.05) is 0 Å². The Bertz CT molecular complexity index is 237. The number of hydrogen-bond acceptors (Lipinski definition) is 3. The topological polar surface area (TPSA) is 52.3 Å². The van der Waals surface area contributed by atoms with E-state index < -0.39 is 23.6 Å². The fourth-order valence-corrected chi connectivity index (χ4v) is 1.30. The quantitative estimate of drug-likeness (QED) is 0.714. The van der Waals surface area contributed by atoms with Crippen LogP contribution in [0.5, 0.6) is 0 Å². The first-order chi connectivity index (χ1) is 6.34. The van der Waals surface area contributed by atoms with Gasteiger partial charge in [0.25, 0.3) is 0 Å². The molecule has 0 aromatic rings. The molecule has 0 radical (unpaired) electrons. The van der Waals surface area contributed by atoms with E-state index in [1.807, 2.05) is 0 Å². The molecule has 1 atom stereocenters. The molecule has 0 aromatic carbocycles. The van der Waals surface area contributed by atoms with Gasteiger partial charge in [0.1, 0.15) is 0 Å². The van der Waals surface area contributed by atoms with Crippen molar-refractivity contribution in [3.05, 3.63) is 0 Å². The van der Waals surface area contributed by atoms with E-state index >= 15 is 0 Å². The van der Waals surface area contributed by atoms with E-state index in [1.54, 1.807) is 0 Å². The summed E-state index contributed by atoms with van der Waals surface area (Å²) in [4.78, 5) is 11.1. The Kier molecular flexibility index (Phi) is 2.76. The van der Waals surface area contributed by atoms with Crippen LogP contribution in [0.3, 0.4) is 0 Å². The van der Waals surface area contributed by atoms with E-state index in [4.69, 9.17) is 5.73 Å². The third-order valence-electron chi connectivity index (χ3n) is 2.30. The average Bonchev–Trinajstić information content (AvgIpc) is 2.83. The molecule has 3 nitrogen and oxygen atoms in total. The Morgan fingerprint density at radius 2 is 2.00 bits per heavy atom. The predicted molar refractivity (Wildman–Crippen MR) is 42.3 cm³/mol. The van der Waals surface area contributed by atoms with Gasteiger partial charge in [0.05, 0.1) is 6.61 Å². The van der Waals surface area contributed by atoms with E-state index in [0.29, 0.717) is 12.8 Å². The summed E-state index contributed by atoms with van der Waals surface area (Å²) in [5.41, 5.74) is 2.31. The van der Waals surface area contributed by atoms with E-state index in [0.717, 1.165) is 0 Å². The van der Waals surface area contributed by atoms with E-state index in [-0.39, 0.29) is 6.61 Å². The molecule has 0 heterocycles. The van der Waals surface area contributed by atoms with Gasteiger partial charge in [-0.15, -0.1) is 0 Å². The second kappa shape index (κ2) is 3.42.